The number of aliphatic hydroxyl groups is 1. The third-order valence-electron chi connectivity index (χ3n) is 4.71. The van der Waals surface area contributed by atoms with Crippen LogP contribution in [0.4, 0.5) is 0 Å². The van der Waals surface area contributed by atoms with Crippen LogP contribution in [0, 0.1) is 5.92 Å². The van der Waals surface area contributed by atoms with Gasteiger partial charge in [0.15, 0.2) is 0 Å². The zero-order chi connectivity index (χ0) is 12.8. The molecule has 0 saturated heterocycles. The first-order chi connectivity index (χ1) is 9.36. The molecule has 1 saturated carbocycles. The van der Waals surface area contributed by atoms with Gasteiger partial charge in [-0.3, -0.25) is 0 Å². The van der Waals surface area contributed by atoms with Crippen molar-refractivity contribution in [3.8, 4) is 11.3 Å². The van der Waals surface area contributed by atoms with Gasteiger partial charge >= 0.3 is 0 Å². The summed E-state index contributed by atoms with van der Waals surface area (Å²) in [7, 11) is 0. The number of hydrogen-bond acceptors (Lipinski definition) is 2. The van der Waals surface area contributed by atoms with Crippen LogP contribution in [0.5, 0.6) is 0 Å². The van der Waals surface area contributed by atoms with E-state index in [0.29, 0.717) is 5.92 Å². The van der Waals surface area contributed by atoms with Crippen molar-refractivity contribution >= 4 is 0 Å². The van der Waals surface area contributed by atoms with E-state index in [0.717, 1.165) is 19.3 Å². The Balaban J connectivity index is 1.84. The van der Waals surface area contributed by atoms with E-state index >= 15 is 0 Å². The second-order valence-corrected chi connectivity index (χ2v) is 5.73. The fourth-order valence-electron chi connectivity index (χ4n) is 3.82. The Kier molecular flexibility index (Phi) is 2.49. The number of aliphatic hydroxyl groups excluding tert-OH is 1. The van der Waals surface area contributed by atoms with Crippen molar-refractivity contribution in [2.45, 2.75) is 37.8 Å². The highest BCUT2D eigenvalue weighted by Gasteiger charge is 2.38. The Bertz CT molecular complexity index is 604. The molecule has 2 aliphatic rings. The molecule has 1 aromatic carbocycles. The van der Waals surface area contributed by atoms with E-state index in [-0.39, 0.29) is 12.1 Å². The third kappa shape index (κ3) is 1.58. The van der Waals surface area contributed by atoms with Crippen LogP contribution in [-0.2, 0) is 0 Å². The summed E-state index contributed by atoms with van der Waals surface area (Å²) in [5.74, 6) is 0.324. The first-order valence-electron chi connectivity index (χ1n) is 7.15. The standard InChI is InChI=1S/C16H18N2O/c19-15-8-4-3-7-13(15)16-12-6-2-1-5-11(12)14-9-17-10-18(14)16/h1-2,5-6,9-10,13,15-16,19H,3-4,7-8H2/t13-,15+,16+/m1/s1. The molecule has 4 rings (SSSR count). The number of rotatable bonds is 1. The van der Waals surface area contributed by atoms with Crippen LogP contribution >= 0.6 is 0 Å². The smallest absolute Gasteiger partial charge is 0.0956 e. The maximum Gasteiger partial charge on any atom is 0.0956 e. The minimum absolute atomic E-state index is 0.180. The van der Waals surface area contributed by atoms with E-state index in [1.807, 2.05) is 12.5 Å². The SMILES string of the molecule is O[C@H]1CCCC[C@H]1[C@@H]1c2ccccc2-c2cncn21. The van der Waals surface area contributed by atoms with Crippen LogP contribution in [0.1, 0.15) is 37.3 Å². The Hall–Kier alpha value is -1.61. The van der Waals surface area contributed by atoms with Gasteiger partial charge in [0.05, 0.1) is 30.4 Å². The predicted octanol–water partition coefficient (Wildman–Crippen LogP) is 3.00. The lowest BCUT2D eigenvalue weighted by Gasteiger charge is -2.33. The molecule has 0 spiro atoms. The highest BCUT2D eigenvalue weighted by Crippen LogP contribution is 2.46. The second-order valence-electron chi connectivity index (χ2n) is 5.73. The molecule has 1 fully saturated rings. The lowest BCUT2D eigenvalue weighted by atomic mass is 9.79. The molecule has 2 heterocycles. The van der Waals surface area contributed by atoms with E-state index < -0.39 is 0 Å². The molecule has 0 amide bonds. The van der Waals surface area contributed by atoms with E-state index in [1.165, 1.54) is 23.2 Å². The Morgan fingerprint density at radius 3 is 2.89 bits per heavy atom. The minimum Gasteiger partial charge on any atom is -0.393 e. The van der Waals surface area contributed by atoms with E-state index in [9.17, 15) is 5.11 Å². The topological polar surface area (TPSA) is 38.1 Å². The zero-order valence-corrected chi connectivity index (χ0v) is 10.9. The van der Waals surface area contributed by atoms with Gasteiger partial charge in [0, 0.05) is 11.5 Å². The number of nitrogens with zero attached hydrogens (tertiary/aromatic N) is 2. The fraction of sp³-hybridized carbons (Fsp3) is 0.438. The van der Waals surface area contributed by atoms with Gasteiger partial charge in [0.25, 0.3) is 0 Å². The van der Waals surface area contributed by atoms with E-state index in [1.54, 1.807) is 0 Å². The van der Waals surface area contributed by atoms with Gasteiger partial charge in [-0.1, -0.05) is 37.1 Å². The summed E-state index contributed by atoms with van der Waals surface area (Å²) in [6.45, 7) is 0. The summed E-state index contributed by atoms with van der Waals surface area (Å²) >= 11 is 0. The first-order valence-corrected chi connectivity index (χ1v) is 7.15. The number of hydrogen-bond donors (Lipinski definition) is 1. The van der Waals surface area contributed by atoms with Gasteiger partial charge in [-0.15, -0.1) is 0 Å². The Morgan fingerprint density at radius 1 is 1.16 bits per heavy atom. The molecule has 1 N–H and O–H groups in total. The van der Waals surface area contributed by atoms with E-state index in [2.05, 4.69) is 33.8 Å². The summed E-state index contributed by atoms with van der Waals surface area (Å²) in [5.41, 5.74) is 3.83. The first kappa shape index (κ1) is 11.2. The normalized spacial score (nSPS) is 29.0. The van der Waals surface area contributed by atoms with Gasteiger partial charge in [-0.05, 0) is 18.4 Å². The molecule has 3 nitrogen and oxygen atoms in total. The van der Waals surface area contributed by atoms with Gasteiger partial charge in [-0.25, -0.2) is 4.98 Å². The quantitative estimate of drug-likeness (QED) is 0.849. The molecule has 1 aliphatic carbocycles. The minimum atomic E-state index is -0.180. The molecule has 1 aromatic heterocycles. The highest BCUT2D eigenvalue weighted by atomic mass is 16.3. The third-order valence-corrected chi connectivity index (χ3v) is 4.71. The lowest BCUT2D eigenvalue weighted by molar-refractivity contribution is 0.0504. The molecule has 1 aliphatic heterocycles. The lowest BCUT2D eigenvalue weighted by Crippen LogP contribution is -2.31. The molecule has 0 unspecified atom stereocenters. The van der Waals surface area contributed by atoms with Crippen molar-refractivity contribution in [3.63, 3.8) is 0 Å². The molecule has 3 atom stereocenters. The second kappa shape index (κ2) is 4.20. The summed E-state index contributed by atoms with van der Waals surface area (Å²) < 4.78 is 2.25. The number of imidazole rings is 1. The molecular formula is C16H18N2O. The molecule has 98 valence electrons. The van der Waals surface area contributed by atoms with Crippen molar-refractivity contribution in [3.05, 3.63) is 42.4 Å². The number of fused-ring (bicyclic) bond motifs is 3. The van der Waals surface area contributed by atoms with Crippen LogP contribution in [0.2, 0.25) is 0 Å². The molecule has 0 radical (unpaired) electrons. The van der Waals surface area contributed by atoms with E-state index in [4.69, 9.17) is 0 Å². The van der Waals surface area contributed by atoms with Gasteiger partial charge in [0.2, 0.25) is 0 Å². The predicted molar refractivity (Wildman–Crippen MR) is 73.8 cm³/mol. The Morgan fingerprint density at radius 2 is 2.00 bits per heavy atom. The van der Waals surface area contributed by atoms with Crippen LogP contribution < -0.4 is 0 Å². The maximum atomic E-state index is 10.4. The zero-order valence-electron chi connectivity index (χ0n) is 10.9. The highest BCUT2D eigenvalue weighted by molar-refractivity contribution is 5.69. The molecule has 3 heteroatoms. The number of benzene rings is 1. The average molecular weight is 254 g/mol. The Labute approximate surface area is 112 Å². The van der Waals surface area contributed by atoms with Gasteiger partial charge in [-0.2, -0.15) is 0 Å². The maximum absolute atomic E-state index is 10.4. The summed E-state index contributed by atoms with van der Waals surface area (Å²) in [5, 5.41) is 10.4. The molecule has 0 bridgehead atoms. The van der Waals surface area contributed by atoms with Crippen molar-refractivity contribution in [1.82, 2.24) is 9.55 Å². The van der Waals surface area contributed by atoms with Crippen molar-refractivity contribution in [2.75, 3.05) is 0 Å². The van der Waals surface area contributed by atoms with Crippen molar-refractivity contribution in [1.29, 1.82) is 0 Å². The summed E-state index contributed by atoms with van der Waals surface area (Å²) in [6.07, 6.45) is 8.11. The van der Waals surface area contributed by atoms with Crippen molar-refractivity contribution < 1.29 is 5.11 Å². The molecule has 19 heavy (non-hydrogen) atoms. The van der Waals surface area contributed by atoms with Crippen LogP contribution in [0.15, 0.2) is 36.8 Å². The largest absolute Gasteiger partial charge is 0.393 e. The van der Waals surface area contributed by atoms with Gasteiger partial charge < -0.3 is 9.67 Å². The summed E-state index contributed by atoms with van der Waals surface area (Å²) in [6, 6.07) is 8.81. The fourth-order valence-corrected chi connectivity index (χ4v) is 3.82. The average Bonchev–Trinajstić information content (AvgIpc) is 3.00. The van der Waals surface area contributed by atoms with Crippen LogP contribution in [0.25, 0.3) is 11.3 Å². The molecular weight excluding hydrogens is 236 g/mol. The monoisotopic (exact) mass is 254 g/mol. The van der Waals surface area contributed by atoms with Gasteiger partial charge in [0.1, 0.15) is 0 Å². The summed E-state index contributed by atoms with van der Waals surface area (Å²) in [4.78, 5) is 4.29. The molecule has 2 aromatic rings. The van der Waals surface area contributed by atoms with Crippen molar-refractivity contribution in [2.24, 2.45) is 5.92 Å². The van der Waals surface area contributed by atoms with Crippen LogP contribution in [-0.4, -0.2) is 20.8 Å². The van der Waals surface area contributed by atoms with Crippen LogP contribution in [0.3, 0.4) is 0 Å². The number of aromatic nitrogens is 2.